The number of aromatic nitrogens is 2. The quantitative estimate of drug-likeness (QED) is 0.859. The number of hydrogen-bond acceptors (Lipinski definition) is 3. The van der Waals surface area contributed by atoms with E-state index in [9.17, 15) is 0 Å². The van der Waals surface area contributed by atoms with Crippen molar-refractivity contribution >= 4 is 0 Å². The molecule has 1 aliphatic rings. The summed E-state index contributed by atoms with van der Waals surface area (Å²) >= 11 is 0. The molecule has 0 spiro atoms. The fraction of sp³-hybridized carbons (Fsp3) is 0.438. The maximum Gasteiger partial charge on any atom is 0.0951 e. The van der Waals surface area contributed by atoms with E-state index in [2.05, 4.69) is 41.1 Å². The molecule has 4 nitrogen and oxygen atoms in total. The van der Waals surface area contributed by atoms with E-state index in [1.54, 1.807) is 0 Å². The van der Waals surface area contributed by atoms with Gasteiger partial charge in [-0.25, -0.2) is 4.98 Å². The van der Waals surface area contributed by atoms with E-state index in [-0.39, 0.29) is 0 Å². The third kappa shape index (κ3) is 2.76. The Morgan fingerprint density at radius 3 is 2.45 bits per heavy atom. The van der Waals surface area contributed by atoms with Crippen molar-refractivity contribution in [3.8, 4) is 11.3 Å². The van der Waals surface area contributed by atoms with Crippen molar-refractivity contribution < 1.29 is 4.74 Å². The number of imidazole rings is 1. The van der Waals surface area contributed by atoms with Gasteiger partial charge in [0.2, 0.25) is 0 Å². The van der Waals surface area contributed by atoms with Gasteiger partial charge in [-0.05, 0) is 12.5 Å². The first-order chi connectivity index (χ1) is 9.74. The molecule has 1 aromatic carbocycles. The molecule has 0 amide bonds. The molecule has 1 fully saturated rings. The van der Waals surface area contributed by atoms with Crippen LogP contribution in [0, 0.1) is 0 Å². The van der Waals surface area contributed by atoms with Gasteiger partial charge in [0, 0.05) is 37.9 Å². The molecule has 1 aliphatic heterocycles. The van der Waals surface area contributed by atoms with E-state index in [0.29, 0.717) is 6.04 Å². The van der Waals surface area contributed by atoms with Crippen molar-refractivity contribution in [3.05, 3.63) is 42.4 Å². The highest BCUT2D eigenvalue weighted by molar-refractivity contribution is 5.58. The van der Waals surface area contributed by atoms with Gasteiger partial charge < -0.3 is 9.30 Å². The number of nitrogens with zero attached hydrogens (tertiary/aromatic N) is 3. The molecule has 1 saturated heterocycles. The SMILES string of the molecule is CC(c1ccc(-c2cn(C)cn2)cc1)N1CCOCC1. The van der Waals surface area contributed by atoms with Crippen molar-refractivity contribution in [2.24, 2.45) is 7.05 Å². The Balaban J connectivity index is 1.75. The van der Waals surface area contributed by atoms with Crippen LogP contribution in [0.3, 0.4) is 0 Å². The minimum Gasteiger partial charge on any atom is -0.379 e. The summed E-state index contributed by atoms with van der Waals surface area (Å²) in [5.74, 6) is 0. The number of hydrogen-bond donors (Lipinski definition) is 0. The molecular weight excluding hydrogens is 250 g/mol. The van der Waals surface area contributed by atoms with Crippen LogP contribution in [0.4, 0.5) is 0 Å². The van der Waals surface area contributed by atoms with Crippen molar-refractivity contribution in [3.63, 3.8) is 0 Å². The molecule has 20 heavy (non-hydrogen) atoms. The van der Waals surface area contributed by atoms with Crippen LogP contribution in [0.1, 0.15) is 18.5 Å². The lowest BCUT2D eigenvalue weighted by Gasteiger charge is -2.32. The summed E-state index contributed by atoms with van der Waals surface area (Å²) in [5.41, 5.74) is 3.55. The summed E-state index contributed by atoms with van der Waals surface area (Å²) in [6.07, 6.45) is 3.88. The minimum atomic E-state index is 0.441. The summed E-state index contributed by atoms with van der Waals surface area (Å²) < 4.78 is 7.38. The predicted octanol–water partition coefficient (Wildman–Crippen LogP) is 2.48. The molecular formula is C16H21N3O. The second-order valence-corrected chi connectivity index (χ2v) is 5.37. The fourth-order valence-electron chi connectivity index (χ4n) is 2.67. The Hall–Kier alpha value is -1.65. The molecule has 4 heteroatoms. The van der Waals surface area contributed by atoms with Crippen LogP contribution in [0.25, 0.3) is 11.3 Å². The second-order valence-electron chi connectivity index (χ2n) is 5.37. The van der Waals surface area contributed by atoms with Gasteiger partial charge in [0.1, 0.15) is 0 Å². The smallest absolute Gasteiger partial charge is 0.0951 e. The third-order valence-corrected chi connectivity index (χ3v) is 3.99. The van der Waals surface area contributed by atoms with Crippen LogP contribution >= 0.6 is 0 Å². The Bertz CT molecular complexity index is 555. The summed E-state index contributed by atoms with van der Waals surface area (Å²) in [4.78, 5) is 6.86. The molecule has 0 N–H and O–H groups in total. The average Bonchev–Trinajstić information content (AvgIpc) is 2.94. The van der Waals surface area contributed by atoms with E-state index in [4.69, 9.17) is 4.74 Å². The van der Waals surface area contributed by atoms with Crippen molar-refractivity contribution in [1.29, 1.82) is 0 Å². The molecule has 1 aromatic heterocycles. The molecule has 0 saturated carbocycles. The molecule has 2 heterocycles. The van der Waals surface area contributed by atoms with Crippen molar-refractivity contribution in [1.82, 2.24) is 14.5 Å². The lowest BCUT2D eigenvalue weighted by atomic mass is 10.0. The Labute approximate surface area is 120 Å². The molecule has 0 radical (unpaired) electrons. The van der Waals surface area contributed by atoms with Gasteiger partial charge in [0.05, 0.1) is 25.2 Å². The summed E-state index contributed by atoms with van der Waals surface area (Å²) in [7, 11) is 1.99. The van der Waals surface area contributed by atoms with Gasteiger partial charge in [0.25, 0.3) is 0 Å². The minimum absolute atomic E-state index is 0.441. The van der Waals surface area contributed by atoms with E-state index in [1.165, 1.54) is 11.1 Å². The summed E-state index contributed by atoms with van der Waals surface area (Å²) in [6.45, 7) is 5.99. The number of aryl methyl sites for hydroxylation is 1. The lowest BCUT2D eigenvalue weighted by molar-refractivity contribution is 0.0198. The summed E-state index contributed by atoms with van der Waals surface area (Å²) in [6, 6.07) is 9.19. The normalized spacial score (nSPS) is 18.1. The van der Waals surface area contributed by atoms with E-state index in [0.717, 1.165) is 32.0 Å². The van der Waals surface area contributed by atoms with Crippen molar-refractivity contribution in [2.75, 3.05) is 26.3 Å². The van der Waals surface area contributed by atoms with Crippen LogP contribution in [0.15, 0.2) is 36.8 Å². The molecule has 0 aliphatic carbocycles. The zero-order chi connectivity index (χ0) is 13.9. The first kappa shape index (κ1) is 13.3. The van der Waals surface area contributed by atoms with Gasteiger partial charge in [-0.3, -0.25) is 4.90 Å². The topological polar surface area (TPSA) is 30.3 Å². The Morgan fingerprint density at radius 2 is 1.85 bits per heavy atom. The molecule has 0 bridgehead atoms. The van der Waals surface area contributed by atoms with Crippen LogP contribution in [0.5, 0.6) is 0 Å². The van der Waals surface area contributed by atoms with Gasteiger partial charge >= 0.3 is 0 Å². The molecule has 2 aromatic rings. The van der Waals surface area contributed by atoms with E-state index >= 15 is 0 Å². The number of ether oxygens (including phenoxy) is 1. The summed E-state index contributed by atoms with van der Waals surface area (Å²) in [5, 5.41) is 0. The monoisotopic (exact) mass is 271 g/mol. The van der Waals surface area contributed by atoms with Gasteiger partial charge in [-0.15, -0.1) is 0 Å². The fourth-order valence-corrected chi connectivity index (χ4v) is 2.67. The van der Waals surface area contributed by atoms with Crippen LogP contribution in [0.2, 0.25) is 0 Å². The van der Waals surface area contributed by atoms with Gasteiger partial charge in [-0.2, -0.15) is 0 Å². The highest BCUT2D eigenvalue weighted by Crippen LogP contribution is 2.24. The van der Waals surface area contributed by atoms with E-state index < -0.39 is 0 Å². The lowest BCUT2D eigenvalue weighted by Crippen LogP contribution is -2.37. The van der Waals surface area contributed by atoms with Crippen LogP contribution in [-0.2, 0) is 11.8 Å². The molecule has 1 atom stereocenters. The van der Waals surface area contributed by atoms with Crippen LogP contribution in [-0.4, -0.2) is 40.8 Å². The average molecular weight is 271 g/mol. The first-order valence-corrected chi connectivity index (χ1v) is 7.14. The standard InChI is InChI=1S/C16H21N3O/c1-13(19-7-9-20-10-8-19)14-3-5-15(6-4-14)16-11-18(2)12-17-16/h3-6,11-13H,7-10H2,1-2H3. The van der Waals surface area contributed by atoms with Crippen molar-refractivity contribution in [2.45, 2.75) is 13.0 Å². The number of rotatable bonds is 3. The first-order valence-electron chi connectivity index (χ1n) is 7.14. The molecule has 1 unspecified atom stereocenters. The largest absolute Gasteiger partial charge is 0.379 e. The molecule has 106 valence electrons. The van der Waals surface area contributed by atoms with Crippen LogP contribution < -0.4 is 0 Å². The zero-order valence-corrected chi connectivity index (χ0v) is 12.1. The Morgan fingerprint density at radius 1 is 1.15 bits per heavy atom. The van der Waals surface area contributed by atoms with Gasteiger partial charge in [0.15, 0.2) is 0 Å². The molecule has 3 rings (SSSR count). The maximum atomic E-state index is 5.41. The zero-order valence-electron chi connectivity index (χ0n) is 12.1. The third-order valence-electron chi connectivity index (χ3n) is 3.99. The highest BCUT2D eigenvalue weighted by atomic mass is 16.5. The van der Waals surface area contributed by atoms with Gasteiger partial charge in [-0.1, -0.05) is 24.3 Å². The highest BCUT2D eigenvalue weighted by Gasteiger charge is 2.18. The Kier molecular flexibility index (Phi) is 3.85. The number of benzene rings is 1. The second kappa shape index (κ2) is 5.77. The number of morpholine rings is 1. The predicted molar refractivity (Wildman–Crippen MR) is 79.5 cm³/mol. The van der Waals surface area contributed by atoms with E-state index in [1.807, 2.05) is 24.1 Å². The maximum absolute atomic E-state index is 5.41.